The minimum Gasteiger partial charge on any atom is -0.478 e. The number of halogens is 1. The maximum Gasteiger partial charge on any atom is 0.337 e. The summed E-state index contributed by atoms with van der Waals surface area (Å²) in [7, 11) is 0. The van der Waals surface area contributed by atoms with Crippen molar-refractivity contribution in [1.29, 1.82) is 0 Å². The van der Waals surface area contributed by atoms with Crippen LogP contribution in [0, 0.1) is 0 Å². The van der Waals surface area contributed by atoms with Gasteiger partial charge in [-0.05, 0) is 18.2 Å². The van der Waals surface area contributed by atoms with E-state index in [9.17, 15) is 14.4 Å². The zero-order chi connectivity index (χ0) is 20.5. The molecule has 8 heteroatoms. The lowest BCUT2D eigenvalue weighted by Crippen LogP contribution is -2.39. The van der Waals surface area contributed by atoms with E-state index in [0.29, 0.717) is 30.0 Å². The number of aromatic nitrogens is 2. The molecule has 0 spiro atoms. The summed E-state index contributed by atoms with van der Waals surface area (Å²) >= 11 is 5.97. The summed E-state index contributed by atoms with van der Waals surface area (Å²) < 4.78 is 0. The highest BCUT2D eigenvalue weighted by Crippen LogP contribution is 2.22. The third-order valence-corrected chi connectivity index (χ3v) is 5.16. The maximum atomic E-state index is 12.8. The van der Waals surface area contributed by atoms with Gasteiger partial charge < -0.3 is 15.0 Å². The van der Waals surface area contributed by atoms with Gasteiger partial charge in [0, 0.05) is 24.1 Å². The number of carboxylic acid groups (broad SMARTS) is 1. The van der Waals surface area contributed by atoms with Crippen LogP contribution in [-0.4, -0.2) is 38.4 Å². The molecule has 0 saturated heterocycles. The molecule has 0 fully saturated rings. The van der Waals surface area contributed by atoms with Crippen LogP contribution < -0.4 is 5.56 Å². The monoisotopic (exact) mass is 409 g/mol. The molecular formula is C21H16ClN3O4. The van der Waals surface area contributed by atoms with Gasteiger partial charge in [-0.3, -0.25) is 9.59 Å². The third kappa shape index (κ3) is 3.64. The van der Waals surface area contributed by atoms with Crippen molar-refractivity contribution in [3.63, 3.8) is 0 Å². The smallest absolute Gasteiger partial charge is 0.337 e. The molecule has 2 N–H and O–H groups in total. The lowest BCUT2D eigenvalue weighted by molar-refractivity contribution is 0.0692. The zero-order valence-electron chi connectivity index (χ0n) is 15.2. The van der Waals surface area contributed by atoms with Crippen LogP contribution in [0.1, 0.15) is 32.0 Å². The SMILES string of the molecule is O=C(O)c1ccc(C(=O)N2CCc3nc(-c4ccccc4)[nH]c(=O)c3C2)cc1Cl. The Morgan fingerprint density at radius 2 is 1.90 bits per heavy atom. The number of fused-ring (bicyclic) bond motifs is 1. The van der Waals surface area contributed by atoms with Crippen molar-refractivity contribution < 1.29 is 14.7 Å². The number of nitrogens with zero attached hydrogens (tertiary/aromatic N) is 2. The Labute approximate surface area is 170 Å². The normalized spacial score (nSPS) is 13.1. The standard InChI is InChI=1S/C21H16ClN3O4/c22-16-10-13(6-7-14(16)21(28)29)20(27)25-9-8-17-15(11-25)19(26)24-18(23-17)12-4-2-1-3-5-12/h1-7,10H,8-9,11H2,(H,28,29)(H,23,24,26). The number of hydrogen-bond donors (Lipinski definition) is 2. The van der Waals surface area contributed by atoms with Crippen LogP contribution in [0.4, 0.5) is 0 Å². The Hall–Kier alpha value is -3.45. The van der Waals surface area contributed by atoms with E-state index in [0.717, 1.165) is 5.56 Å². The zero-order valence-corrected chi connectivity index (χ0v) is 15.9. The van der Waals surface area contributed by atoms with Crippen LogP contribution in [0.3, 0.4) is 0 Å². The molecule has 0 unspecified atom stereocenters. The van der Waals surface area contributed by atoms with Crippen LogP contribution >= 0.6 is 11.6 Å². The molecule has 2 heterocycles. The first-order valence-corrected chi connectivity index (χ1v) is 9.31. The van der Waals surface area contributed by atoms with Crippen molar-refractivity contribution in [3.05, 3.63) is 86.3 Å². The molecule has 7 nitrogen and oxygen atoms in total. The fourth-order valence-electron chi connectivity index (χ4n) is 3.34. The molecule has 0 saturated carbocycles. The Balaban J connectivity index is 1.60. The first kappa shape index (κ1) is 18.9. The van der Waals surface area contributed by atoms with Crippen LogP contribution in [0.15, 0.2) is 53.3 Å². The molecule has 0 atom stereocenters. The van der Waals surface area contributed by atoms with E-state index in [2.05, 4.69) is 9.97 Å². The highest BCUT2D eigenvalue weighted by molar-refractivity contribution is 6.33. The average Bonchev–Trinajstić information content (AvgIpc) is 2.73. The summed E-state index contributed by atoms with van der Waals surface area (Å²) in [6.45, 7) is 0.526. The molecule has 1 aliphatic rings. The highest BCUT2D eigenvalue weighted by atomic mass is 35.5. The fourth-order valence-corrected chi connectivity index (χ4v) is 3.60. The van der Waals surface area contributed by atoms with Crippen molar-refractivity contribution in [1.82, 2.24) is 14.9 Å². The van der Waals surface area contributed by atoms with Crippen LogP contribution in [-0.2, 0) is 13.0 Å². The lowest BCUT2D eigenvalue weighted by Gasteiger charge is -2.28. The van der Waals surface area contributed by atoms with Gasteiger partial charge in [0.05, 0.1) is 28.4 Å². The van der Waals surface area contributed by atoms with E-state index < -0.39 is 5.97 Å². The molecule has 0 bridgehead atoms. The molecule has 4 rings (SSSR count). The summed E-state index contributed by atoms with van der Waals surface area (Å²) in [5, 5.41) is 9.06. The molecule has 2 aromatic carbocycles. The Morgan fingerprint density at radius 3 is 2.59 bits per heavy atom. The molecule has 1 amide bonds. The Morgan fingerprint density at radius 1 is 1.14 bits per heavy atom. The fraction of sp³-hybridized carbons (Fsp3) is 0.143. The number of carbonyl (C=O) groups excluding carboxylic acids is 1. The largest absolute Gasteiger partial charge is 0.478 e. The second-order valence-corrected chi connectivity index (χ2v) is 7.09. The average molecular weight is 410 g/mol. The lowest BCUT2D eigenvalue weighted by atomic mass is 10.0. The van der Waals surface area contributed by atoms with Crippen LogP contribution in [0.2, 0.25) is 5.02 Å². The van der Waals surface area contributed by atoms with Gasteiger partial charge in [0.2, 0.25) is 0 Å². The van der Waals surface area contributed by atoms with E-state index in [4.69, 9.17) is 16.7 Å². The van der Waals surface area contributed by atoms with Gasteiger partial charge in [0.1, 0.15) is 5.82 Å². The van der Waals surface area contributed by atoms with E-state index in [1.165, 1.54) is 23.1 Å². The number of nitrogens with one attached hydrogen (secondary N) is 1. The predicted molar refractivity (Wildman–Crippen MR) is 107 cm³/mol. The molecule has 146 valence electrons. The number of carboxylic acids is 1. The second-order valence-electron chi connectivity index (χ2n) is 6.68. The quantitative estimate of drug-likeness (QED) is 0.692. The number of rotatable bonds is 3. The van der Waals surface area contributed by atoms with Gasteiger partial charge in [-0.25, -0.2) is 9.78 Å². The minimum atomic E-state index is -1.16. The molecule has 3 aromatic rings. The number of H-pyrrole nitrogens is 1. The van der Waals surface area contributed by atoms with Crippen molar-refractivity contribution in [3.8, 4) is 11.4 Å². The second kappa shape index (κ2) is 7.52. The van der Waals surface area contributed by atoms with Gasteiger partial charge in [-0.1, -0.05) is 41.9 Å². The van der Waals surface area contributed by atoms with Gasteiger partial charge in [0.25, 0.3) is 11.5 Å². The summed E-state index contributed by atoms with van der Waals surface area (Å²) in [5.41, 5.74) is 1.88. The number of amides is 1. The number of hydrogen-bond acceptors (Lipinski definition) is 4. The van der Waals surface area contributed by atoms with E-state index >= 15 is 0 Å². The van der Waals surface area contributed by atoms with Crippen molar-refractivity contribution in [2.75, 3.05) is 6.54 Å². The summed E-state index contributed by atoms with van der Waals surface area (Å²) in [6.07, 6.45) is 0.450. The van der Waals surface area contributed by atoms with Crippen molar-refractivity contribution in [2.24, 2.45) is 0 Å². The minimum absolute atomic E-state index is 0.00669. The molecular weight excluding hydrogens is 394 g/mol. The third-order valence-electron chi connectivity index (χ3n) is 4.85. The Kier molecular flexibility index (Phi) is 4.90. The Bertz CT molecular complexity index is 1170. The van der Waals surface area contributed by atoms with E-state index in [1.54, 1.807) is 0 Å². The van der Waals surface area contributed by atoms with Crippen molar-refractivity contribution >= 4 is 23.5 Å². The number of benzene rings is 2. The van der Waals surface area contributed by atoms with Gasteiger partial charge in [0.15, 0.2) is 0 Å². The van der Waals surface area contributed by atoms with Gasteiger partial charge >= 0.3 is 5.97 Å². The maximum absolute atomic E-state index is 12.8. The van der Waals surface area contributed by atoms with E-state index in [1.807, 2.05) is 30.3 Å². The highest BCUT2D eigenvalue weighted by Gasteiger charge is 2.26. The molecule has 1 aromatic heterocycles. The summed E-state index contributed by atoms with van der Waals surface area (Å²) in [4.78, 5) is 45.4. The van der Waals surface area contributed by atoms with E-state index in [-0.39, 0.29) is 34.2 Å². The summed E-state index contributed by atoms with van der Waals surface area (Å²) in [5.74, 6) is -0.973. The van der Waals surface area contributed by atoms with Crippen LogP contribution in [0.25, 0.3) is 11.4 Å². The number of aromatic amines is 1. The van der Waals surface area contributed by atoms with Crippen molar-refractivity contribution in [2.45, 2.75) is 13.0 Å². The van der Waals surface area contributed by atoms with Gasteiger partial charge in [-0.15, -0.1) is 0 Å². The number of aromatic carboxylic acids is 1. The van der Waals surface area contributed by atoms with Crippen LogP contribution in [0.5, 0.6) is 0 Å². The first-order chi connectivity index (χ1) is 13.9. The number of carbonyl (C=O) groups is 2. The molecule has 29 heavy (non-hydrogen) atoms. The first-order valence-electron chi connectivity index (χ1n) is 8.93. The molecule has 0 aliphatic carbocycles. The topological polar surface area (TPSA) is 103 Å². The summed E-state index contributed by atoms with van der Waals surface area (Å²) in [6, 6.07) is 13.4. The van der Waals surface area contributed by atoms with Gasteiger partial charge in [-0.2, -0.15) is 0 Å². The molecule has 0 radical (unpaired) electrons. The predicted octanol–water partition coefficient (Wildman–Crippen LogP) is 2.99. The molecule has 1 aliphatic heterocycles.